The molecular formula is C74H82N2O25. The summed E-state index contributed by atoms with van der Waals surface area (Å²) in [5.74, 6) is -8.80. The number of non-ortho nitro benzene ring substituents is 1. The van der Waals surface area contributed by atoms with Crippen LogP contribution in [0.15, 0.2) is 176 Å². The fourth-order valence-electron chi connectivity index (χ4n) is 12.3. The lowest BCUT2D eigenvalue weighted by atomic mass is 9.87. The molecule has 27 heteroatoms. The van der Waals surface area contributed by atoms with E-state index in [1.165, 1.54) is 12.1 Å². The van der Waals surface area contributed by atoms with Crippen LogP contribution >= 0.6 is 0 Å². The van der Waals surface area contributed by atoms with Gasteiger partial charge in [0.15, 0.2) is 31.1 Å². The monoisotopic (exact) mass is 1400 g/mol. The van der Waals surface area contributed by atoms with Crippen LogP contribution in [-0.4, -0.2) is 170 Å². The standard InChI is InChI=1S/C74H82N2O25/c1-45(77)75-61-57(93-47(3)79)37-74(73(83)92-41-54-27-17-9-18-28-54,100-66(61)63(95-49(5)81)59(94-48(4)80)43-88-46(2)78)101-67-62(82)71(96-60-44-91-70(98-64(60)67)55-29-19-10-20-30-55)99-65-58(42-86-38-51-21-11-6-12-22-51)97-72(87-36-35-50-31-33-56(34-32-50)76(84)85)69(90-40-53-25-15-8-16-26-53)68(65)89-39-52-23-13-7-14-24-52/h6-34,57-72,82H,35-44H2,1-5H3,(H,75,77)/t57-,58+,59+,60+,61+,62+,63+,64-,65+,66+,67+,68-,69+,70?,71-,72+,74?/m0/s1. The molecule has 2 N–H and O–H groups in total. The normalized spacial score (nSPS) is 26.9. The van der Waals surface area contributed by atoms with Crippen molar-refractivity contribution >= 4 is 41.4 Å². The Morgan fingerprint density at radius 2 is 1.18 bits per heavy atom. The molecule has 17 atom stereocenters. The third kappa shape index (κ3) is 20.6. The van der Waals surface area contributed by atoms with Crippen LogP contribution in [0.1, 0.15) is 80.7 Å². The number of benzene rings is 6. The van der Waals surface area contributed by atoms with Crippen LogP contribution < -0.4 is 5.32 Å². The maximum atomic E-state index is 15.9. The SMILES string of the molecule is CC(=O)N[C@H]1[C@H]([C@H](OC(C)=O)[C@@H](COC(C)=O)OC(C)=O)OC(O[C@@H]2[C@@H](O)[C@H](O[C@H]3[C@H](OCc4ccccc4)[C@@H](OCc4ccccc4)[C@H](OCCc4ccc([N+](=O)[O-])cc4)O[C@@H]3COCc3ccccc3)O[C@@H]3COC(c4ccccc4)O[C@H]23)(C(=O)OCc2ccccc2)C[C@@H]1OC(C)=O. The van der Waals surface area contributed by atoms with Gasteiger partial charge in [-0.3, -0.25) is 34.1 Å². The van der Waals surface area contributed by atoms with Crippen molar-refractivity contribution in [2.45, 2.75) is 178 Å². The highest BCUT2D eigenvalue weighted by Gasteiger charge is 2.64. The molecule has 6 aromatic rings. The summed E-state index contributed by atoms with van der Waals surface area (Å²) in [5, 5.41) is 27.9. The number of nitrogens with zero attached hydrogens (tertiary/aromatic N) is 1. The highest BCUT2D eigenvalue weighted by molar-refractivity contribution is 5.79. The van der Waals surface area contributed by atoms with Gasteiger partial charge in [0.25, 0.3) is 11.5 Å². The van der Waals surface area contributed by atoms with Crippen molar-refractivity contribution in [3.05, 3.63) is 219 Å². The maximum absolute atomic E-state index is 15.9. The van der Waals surface area contributed by atoms with Crippen LogP contribution in [0.3, 0.4) is 0 Å². The summed E-state index contributed by atoms with van der Waals surface area (Å²) in [6.07, 6.45) is -23.9. The lowest BCUT2D eigenvalue weighted by Gasteiger charge is -2.53. The zero-order valence-electron chi connectivity index (χ0n) is 56.2. The number of aliphatic hydroxyl groups is 1. The van der Waals surface area contributed by atoms with Gasteiger partial charge in [0.05, 0.1) is 57.0 Å². The molecule has 0 bridgehead atoms. The van der Waals surface area contributed by atoms with Gasteiger partial charge in [0.2, 0.25) is 5.91 Å². The van der Waals surface area contributed by atoms with Gasteiger partial charge in [0, 0.05) is 52.3 Å². The second-order valence-electron chi connectivity index (χ2n) is 24.5. The van der Waals surface area contributed by atoms with E-state index in [1.807, 2.05) is 91.0 Å². The molecule has 10 rings (SSSR count). The van der Waals surface area contributed by atoms with Crippen molar-refractivity contribution < 1.29 is 115 Å². The van der Waals surface area contributed by atoms with Gasteiger partial charge in [-0.15, -0.1) is 0 Å². The number of carbonyl (C=O) groups is 6. The van der Waals surface area contributed by atoms with E-state index in [0.717, 1.165) is 56.9 Å². The average Bonchev–Trinajstić information content (AvgIpc) is 0.741. The molecular weight excluding hydrogens is 1320 g/mol. The third-order valence-electron chi connectivity index (χ3n) is 16.9. The van der Waals surface area contributed by atoms with Crippen molar-refractivity contribution in [1.29, 1.82) is 0 Å². The second-order valence-corrected chi connectivity index (χ2v) is 24.5. The Balaban J connectivity index is 1.10. The highest BCUT2D eigenvalue weighted by Crippen LogP contribution is 2.44. The largest absolute Gasteiger partial charge is 0.462 e. The van der Waals surface area contributed by atoms with E-state index in [2.05, 4.69) is 5.32 Å². The van der Waals surface area contributed by atoms with Crippen LogP contribution in [-0.2, 0) is 137 Å². The minimum Gasteiger partial charge on any atom is -0.462 e. The summed E-state index contributed by atoms with van der Waals surface area (Å²) in [4.78, 5) is 92.8. The fourth-order valence-corrected chi connectivity index (χ4v) is 12.3. The third-order valence-corrected chi connectivity index (χ3v) is 16.9. The first-order valence-corrected chi connectivity index (χ1v) is 33.0. The molecule has 6 aromatic carbocycles. The molecule has 4 saturated heterocycles. The first-order valence-electron chi connectivity index (χ1n) is 33.0. The molecule has 0 saturated carbocycles. The van der Waals surface area contributed by atoms with Gasteiger partial charge in [0.1, 0.15) is 74.3 Å². The number of esters is 5. The van der Waals surface area contributed by atoms with E-state index in [9.17, 15) is 39.2 Å². The number of aliphatic hydroxyl groups excluding tert-OH is 1. The molecule has 4 fully saturated rings. The molecule has 0 aromatic heterocycles. The predicted octanol–water partition coefficient (Wildman–Crippen LogP) is 7.33. The lowest BCUT2D eigenvalue weighted by Crippen LogP contribution is -2.72. The Morgan fingerprint density at radius 3 is 1.74 bits per heavy atom. The van der Waals surface area contributed by atoms with Gasteiger partial charge < -0.3 is 86.2 Å². The molecule has 4 aliphatic heterocycles. The summed E-state index contributed by atoms with van der Waals surface area (Å²) in [6, 6.07) is 49.7. The van der Waals surface area contributed by atoms with E-state index >= 15 is 4.79 Å². The number of carbonyl (C=O) groups excluding carboxylic acids is 6. The minimum atomic E-state index is -2.96. The molecule has 4 heterocycles. The number of hydrogen-bond donors (Lipinski definition) is 2. The van der Waals surface area contributed by atoms with Crippen molar-refractivity contribution in [1.82, 2.24) is 5.32 Å². The molecule has 27 nitrogen and oxygen atoms in total. The molecule has 2 unspecified atom stereocenters. The van der Waals surface area contributed by atoms with Gasteiger partial charge in [-0.05, 0) is 34.2 Å². The van der Waals surface area contributed by atoms with Gasteiger partial charge in [-0.1, -0.05) is 164 Å². The van der Waals surface area contributed by atoms with E-state index in [1.54, 1.807) is 72.8 Å². The van der Waals surface area contributed by atoms with Crippen LogP contribution in [0, 0.1) is 10.1 Å². The van der Waals surface area contributed by atoms with Crippen molar-refractivity contribution in [2.24, 2.45) is 0 Å². The molecule has 101 heavy (non-hydrogen) atoms. The Hall–Kier alpha value is -8.94. The second kappa shape index (κ2) is 36.1. The number of ether oxygens (including phenoxy) is 16. The zero-order chi connectivity index (χ0) is 71.4. The predicted molar refractivity (Wildman–Crippen MR) is 351 cm³/mol. The number of rotatable bonds is 31. The number of nitro groups is 1. The summed E-state index contributed by atoms with van der Waals surface area (Å²) in [5.41, 5.74) is 3.96. The molecule has 0 radical (unpaired) electrons. The molecule has 0 spiro atoms. The smallest absolute Gasteiger partial charge is 0.367 e. The summed E-state index contributed by atoms with van der Waals surface area (Å²) in [7, 11) is 0. The molecule has 0 aliphatic carbocycles. The van der Waals surface area contributed by atoms with Crippen LogP contribution in [0.2, 0.25) is 0 Å². The number of nitro benzene ring substituents is 1. The summed E-state index contributed by atoms with van der Waals surface area (Å²) >= 11 is 0. The van der Waals surface area contributed by atoms with Crippen LogP contribution in [0.25, 0.3) is 0 Å². The van der Waals surface area contributed by atoms with E-state index in [-0.39, 0.29) is 51.7 Å². The van der Waals surface area contributed by atoms with Crippen LogP contribution in [0.5, 0.6) is 0 Å². The summed E-state index contributed by atoms with van der Waals surface area (Å²) in [6.45, 7) is 3.63. The Kier molecular flexibility index (Phi) is 26.7. The number of hydrogen-bond acceptors (Lipinski definition) is 25. The topological polar surface area (TPSA) is 325 Å². The lowest BCUT2D eigenvalue weighted by molar-refractivity contribution is -0.413. The Bertz CT molecular complexity index is 3660. The maximum Gasteiger partial charge on any atom is 0.367 e. The van der Waals surface area contributed by atoms with Gasteiger partial charge in [-0.2, -0.15) is 0 Å². The zero-order valence-corrected chi connectivity index (χ0v) is 56.2. The molecule has 1 amide bonds. The van der Waals surface area contributed by atoms with Gasteiger partial charge >= 0.3 is 29.8 Å². The fraction of sp³-hybridized carbons (Fsp3) is 0.432. The first-order chi connectivity index (χ1) is 48.8. The van der Waals surface area contributed by atoms with Crippen LogP contribution in [0.4, 0.5) is 5.69 Å². The molecule has 4 aliphatic rings. The van der Waals surface area contributed by atoms with Gasteiger partial charge in [-0.25, -0.2) is 4.79 Å². The van der Waals surface area contributed by atoms with E-state index in [4.69, 9.17) is 75.8 Å². The quantitative estimate of drug-likeness (QED) is 0.0186. The number of fused-ring (bicyclic) bond motifs is 1. The number of amides is 1. The van der Waals surface area contributed by atoms with E-state index < -0.39 is 164 Å². The van der Waals surface area contributed by atoms with Crippen molar-refractivity contribution in [3.63, 3.8) is 0 Å². The van der Waals surface area contributed by atoms with E-state index in [0.29, 0.717) is 11.1 Å². The minimum absolute atomic E-state index is 0.00603. The average molecular weight is 1400 g/mol. The van der Waals surface area contributed by atoms with Crippen molar-refractivity contribution in [2.75, 3.05) is 26.4 Å². The summed E-state index contributed by atoms with van der Waals surface area (Å²) < 4.78 is 105. The Morgan fingerprint density at radius 1 is 0.604 bits per heavy atom. The first kappa shape index (κ1) is 74.7. The highest BCUT2D eigenvalue weighted by atomic mass is 16.8. The number of nitrogens with one attached hydrogen (secondary N) is 1. The Labute approximate surface area is 582 Å². The van der Waals surface area contributed by atoms with Crippen molar-refractivity contribution in [3.8, 4) is 0 Å². The molecule has 538 valence electrons.